The lowest BCUT2D eigenvalue weighted by Crippen LogP contribution is -2.49. The van der Waals surface area contributed by atoms with E-state index in [0.717, 1.165) is 24.2 Å². The van der Waals surface area contributed by atoms with Gasteiger partial charge in [0.05, 0.1) is 14.8 Å². The van der Waals surface area contributed by atoms with Gasteiger partial charge in [0, 0.05) is 56.3 Å². The number of pyridine rings is 1. The van der Waals surface area contributed by atoms with Gasteiger partial charge in [0.2, 0.25) is 0 Å². The maximum Gasteiger partial charge on any atom is 0.271 e. The fraction of sp³-hybridized carbons (Fsp3) is 0.294. The molecule has 11 heteroatoms. The molecular formula is C17H17ClN4O5S. The molecule has 0 aliphatic carbocycles. The fourth-order valence-corrected chi connectivity index (χ4v) is 3.69. The third-order valence-corrected chi connectivity index (χ3v) is 5.70. The zero-order chi connectivity index (χ0) is 20.5. The minimum atomic E-state index is -3.70. The number of rotatable bonds is 4. The van der Waals surface area contributed by atoms with E-state index < -0.39 is 26.4 Å². The molecule has 148 valence electrons. The van der Waals surface area contributed by atoms with E-state index in [1.54, 1.807) is 18.3 Å². The van der Waals surface area contributed by atoms with Gasteiger partial charge in [-0.2, -0.15) is 0 Å². The molecule has 1 aliphatic heterocycles. The van der Waals surface area contributed by atoms with Crippen molar-refractivity contribution in [3.63, 3.8) is 0 Å². The summed E-state index contributed by atoms with van der Waals surface area (Å²) in [4.78, 5) is 30.7. The zero-order valence-corrected chi connectivity index (χ0v) is 16.5. The number of benzene rings is 1. The lowest BCUT2D eigenvalue weighted by Gasteiger charge is -2.35. The van der Waals surface area contributed by atoms with Crippen LogP contribution in [0.25, 0.3) is 0 Å². The van der Waals surface area contributed by atoms with Crippen molar-refractivity contribution in [2.75, 3.05) is 37.3 Å². The number of piperazine rings is 1. The normalized spacial score (nSPS) is 14.8. The molecule has 28 heavy (non-hydrogen) atoms. The van der Waals surface area contributed by atoms with E-state index in [-0.39, 0.29) is 10.5 Å². The van der Waals surface area contributed by atoms with Crippen LogP contribution in [0, 0.1) is 10.1 Å². The van der Waals surface area contributed by atoms with Gasteiger partial charge in [0.25, 0.3) is 11.6 Å². The number of amides is 1. The lowest BCUT2D eigenvalue weighted by molar-refractivity contribution is -0.385. The first-order valence-corrected chi connectivity index (χ1v) is 10.6. The van der Waals surface area contributed by atoms with Crippen LogP contribution in [0.4, 0.5) is 11.5 Å². The first kappa shape index (κ1) is 20.0. The number of nitro benzene ring substituents is 1. The number of nitro groups is 1. The van der Waals surface area contributed by atoms with Crippen molar-refractivity contribution < 1.29 is 18.1 Å². The first-order valence-electron chi connectivity index (χ1n) is 8.30. The van der Waals surface area contributed by atoms with Crippen LogP contribution in [0.15, 0.2) is 41.4 Å². The highest BCUT2D eigenvalue weighted by Gasteiger charge is 2.26. The van der Waals surface area contributed by atoms with E-state index in [4.69, 9.17) is 11.6 Å². The number of non-ortho nitro benzene ring substituents is 1. The maximum absolute atomic E-state index is 12.8. The van der Waals surface area contributed by atoms with Gasteiger partial charge in [-0.25, -0.2) is 13.4 Å². The average Bonchev–Trinajstić information content (AvgIpc) is 2.67. The summed E-state index contributed by atoms with van der Waals surface area (Å²) in [6.45, 7) is 1.79. The number of nitrogens with zero attached hydrogens (tertiary/aromatic N) is 4. The van der Waals surface area contributed by atoms with Crippen molar-refractivity contribution in [2.45, 2.75) is 4.90 Å². The van der Waals surface area contributed by atoms with Crippen LogP contribution in [0.3, 0.4) is 0 Å². The molecule has 0 N–H and O–H groups in total. The zero-order valence-electron chi connectivity index (χ0n) is 14.9. The highest BCUT2D eigenvalue weighted by Crippen LogP contribution is 2.23. The van der Waals surface area contributed by atoms with Crippen LogP contribution in [0.1, 0.15) is 10.4 Å². The van der Waals surface area contributed by atoms with Gasteiger partial charge in [0.15, 0.2) is 9.84 Å². The van der Waals surface area contributed by atoms with Crippen molar-refractivity contribution in [1.82, 2.24) is 9.88 Å². The van der Waals surface area contributed by atoms with E-state index in [1.807, 2.05) is 4.90 Å². The second-order valence-corrected chi connectivity index (χ2v) is 8.81. The summed E-state index contributed by atoms with van der Waals surface area (Å²) in [6, 6.07) is 6.76. The molecule has 9 nitrogen and oxygen atoms in total. The van der Waals surface area contributed by atoms with Gasteiger partial charge in [-0.15, -0.1) is 0 Å². The second kappa shape index (κ2) is 7.72. The Balaban J connectivity index is 1.78. The number of aromatic nitrogens is 1. The number of hydrogen-bond acceptors (Lipinski definition) is 7. The Morgan fingerprint density at radius 2 is 1.86 bits per heavy atom. The molecule has 0 spiro atoms. The van der Waals surface area contributed by atoms with E-state index in [9.17, 15) is 23.3 Å². The van der Waals surface area contributed by atoms with Gasteiger partial charge >= 0.3 is 0 Å². The molecule has 2 heterocycles. The number of sulfone groups is 1. The Labute approximate surface area is 166 Å². The highest BCUT2D eigenvalue weighted by atomic mass is 35.5. The van der Waals surface area contributed by atoms with Gasteiger partial charge in [0.1, 0.15) is 5.82 Å². The number of anilines is 1. The van der Waals surface area contributed by atoms with Gasteiger partial charge in [-0.05, 0) is 18.2 Å². The predicted octanol–water partition coefficient (Wildman–Crippen LogP) is 2.01. The smallest absolute Gasteiger partial charge is 0.271 e. The fourth-order valence-electron chi connectivity index (χ4n) is 2.90. The summed E-state index contributed by atoms with van der Waals surface area (Å²) in [6.07, 6.45) is 2.49. The highest BCUT2D eigenvalue weighted by molar-refractivity contribution is 7.90. The summed E-state index contributed by atoms with van der Waals surface area (Å²) < 4.78 is 23.6. The maximum atomic E-state index is 12.8. The van der Waals surface area contributed by atoms with Crippen LogP contribution in [0.2, 0.25) is 5.02 Å². The molecule has 1 amide bonds. The quantitative estimate of drug-likeness (QED) is 0.544. The van der Waals surface area contributed by atoms with Crippen LogP contribution >= 0.6 is 11.6 Å². The third kappa shape index (κ3) is 4.39. The number of carbonyl (C=O) groups is 1. The molecular weight excluding hydrogens is 408 g/mol. The summed E-state index contributed by atoms with van der Waals surface area (Å²) >= 11 is 5.84. The standard InChI is InChI=1S/C17H17ClN4O5S/c1-28(26,27)15-9-12(8-14(10-15)22(24)25)17(23)21-6-4-20(5-7-21)16-3-2-13(18)11-19-16/h2-3,8-11H,4-7H2,1H3. The SMILES string of the molecule is CS(=O)(=O)c1cc(C(=O)N2CCN(c3ccc(Cl)cn3)CC2)cc([N+](=O)[O-])c1. The van der Waals surface area contributed by atoms with Crippen LogP contribution in [-0.4, -0.2) is 61.6 Å². The minimum absolute atomic E-state index is 0.0207. The molecule has 0 atom stereocenters. The molecule has 1 aromatic carbocycles. The summed E-state index contributed by atoms with van der Waals surface area (Å²) in [5, 5.41) is 11.7. The molecule has 2 aromatic rings. The predicted molar refractivity (Wildman–Crippen MR) is 104 cm³/mol. The molecule has 0 unspecified atom stereocenters. The summed E-state index contributed by atoms with van der Waals surface area (Å²) in [7, 11) is -3.70. The van der Waals surface area contributed by atoms with Crippen LogP contribution in [0.5, 0.6) is 0 Å². The molecule has 0 radical (unpaired) electrons. The Morgan fingerprint density at radius 1 is 1.18 bits per heavy atom. The van der Waals surface area contributed by atoms with E-state index in [1.165, 1.54) is 11.0 Å². The number of hydrogen-bond donors (Lipinski definition) is 0. The first-order chi connectivity index (χ1) is 13.1. The minimum Gasteiger partial charge on any atom is -0.353 e. The molecule has 3 rings (SSSR count). The van der Waals surface area contributed by atoms with E-state index >= 15 is 0 Å². The Kier molecular flexibility index (Phi) is 5.52. The molecule has 1 fully saturated rings. The van der Waals surface area contributed by atoms with E-state index in [2.05, 4.69) is 4.98 Å². The average molecular weight is 425 g/mol. The third-order valence-electron chi connectivity index (χ3n) is 4.38. The summed E-state index contributed by atoms with van der Waals surface area (Å²) in [5.74, 6) is 0.295. The topological polar surface area (TPSA) is 114 Å². The van der Waals surface area contributed by atoms with Gasteiger partial charge in [-0.3, -0.25) is 14.9 Å². The molecule has 1 aliphatic rings. The molecule has 1 aromatic heterocycles. The lowest BCUT2D eigenvalue weighted by atomic mass is 10.1. The van der Waals surface area contributed by atoms with Crippen molar-refractivity contribution in [3.8, 4) is 0 Å². The largest absolute Gasteiger partial charge is 0.353 e. The van der Waals surface area contributed by atoms with E-state index in [0.29, 0.717) is 31.2 Å². The monoisotopic (exact) mass is 424 g/mol. The van der Waals surface area contributed by atoms with Crippen LogP contribution < -0.4 is 4.90 Å². The number of halogens is 1. The van der Waals surface area contributed by atoms with Crippen molar-refractivity contribution >= 4 is 38.9 Å². The van der Waals surface area contributed by atoms with Gasteiger partial charge in [-0.1, -0.05) is 11.6 Å². The summed E-state index contributed by atoms with van der Waals surface area (Å²) in [5.41, 5.74) is -0.456. The Morgan fingerprint density at radius 3 is 2.39 bits per heavy atom. The Bertz CT molecular complexity index is 1020. The molecule has 0 saturated carbocycles. The number of carbonyl (C=O) groups excluding carboxylic acids is 1. The van der Waals surface area contributed by atoms with Gasteiger partial charge < -0.3 is 9.80 Å². The van der Waals surface area contributed by atoms with Crippen LogP contribution in [-0.2, 0) is 9.84 Å². The molecule has 0 bridgehead atoms. The van der Waals surface area contributed by atoms with Crippen molar-refractivity contribution in [2.24, 2.45) is 0 Å². The molecule has 1 saturated heterocycles. The Hall–Kier alpha value is -2.72. The van der Waals surface area contributed by atoms with Crippen molar-refractivity contribution in [1.29, 1.82) is 0 Å². The second-order valence-electron chi connectivity index (χ2n) is 6.36. The van der Waals surface area contributed by atoms with Crippen molar-refractivity contribution in [3.05, 3.63) is 57.2 Å².